The maximum Gasteiger partial charge on any atom is 0.159 e. The van der Waals surface area contributed by atoms with Crippen LogP contribution in [0.5, 0.6) is 0 Å². The van der Waals surface area contributed by atoms with Gasteiger partial charge in [-0.05, 0) is 30.8 Å². The highest BCUT2D eigenvalue weighted by atomic mass is 16.1. The molecule has 1 nitrogen and oxygen atoms in total. The molecule has 0 spiro atoms. The van der Waals surface area contributed by atoms with Crippen LogP contribution in [-0.4, -0.2) is 5.78 Å². The van der Waals surface area contributed by atoms with Crippen molar-refractivity contribution in [2.75, 3.05) is 0 Å². The number of carbonyl (C=O) groups excluding carboxylic acids is 1. The zero-order chi connectivity index (χ0) is 8.43. The molecule has 11 heavy (non-hydrogen) atoms. The summed E-state index contributed by atoms with van der Waals surface area (Å²) in [5.74, 6) is 1.43. The number of hydrogen-bond donors (Lipinski definition) is 0. The molecule has 1 saturated carbocycles. The SMILES string of the molecule is C/C=C1\C(=O)CC(C)CC1C. The van der Waals surface area contributed by atoms with Gasteiger partial charge in [0, 0.05) is 6.42 Å². The van der Waals surface area contributed by atoms with Gasteiger partial charge < -0.3 is 0 Å². The average molecular weight is 152 g/mol. The molecule has 0 amide bonds. The fourth-order valence-corrected chi connectivity index (χ4v) is 1.97. The third-order valence-electron chi connectivity index (χ3n) is 2.45. The van der Waals surface area contributed by atoms with E-state index in [2.05, 4.69) is 13.8 Å². The molecule has 0 N–H and O–H groups in total. The Hall–Kier alpha value is -0.590. The normalized spacial score (nSPS) is 36.3. The molecule has 2 unspecified atom stereocenters. The minimum atomic E-state index is 0.360. The second-order valence-electron chi connectivity index (χ2n) is 3.61. The predicted octanol–water partition coefficient (Wildman–Crippen LogP) is 2.57. The van der Waals surface area contributed by atoms with Crippen LogP contribution >= 0.6 is 0 Å². The van der Waals surface area contributed by atoms with Crippen molar-refractivity contribution in [3.8, 4) is 0 Å². The molecule has 1 aliphatic carbocycles. The lowest BCUT2D eigenvalue weighted by atomic mass is 9.79. The van der Waals surface area contributed by atoms with E-state index >= 15 is 0 Å². The van der Waals surface area contributed by atoms with E-state index in [1.54, 1.807) is 0 Å². The van der Waals surface area contributed by atoms with E-state index in [0.717, 1.165) is 12.0 Å². The number of hydrogen-bond acceptors (Lipinski definition) is 1. The smallest absolute Gasteiger partial charge is 0.159 e. The topological polar surface area (TPSA) is 17.1 Å². The summed E-state index contributed by atoms with van der Waals surface area (Å²) < 4.78 is 0. The van der Waals surface area contributed by atoms with Crippen molar-refractivity contribution in [2.24, 2.45) is 11.8 Å². The van der Waals surface area contributed by atoms with Gasteiger partial charge in [0.2, 0.25) is 0 Å². The van der Waals surface area contributed by atoms with Gasteiger partial charge in [-0.1, -0.05) is 19.9 Å². The maximum atomic E-state index is 11.4. The van der Waals surface area contributed by atoms with Crippen molar-refractivity contribution < 1.29 is 4.79 Å². The quantitative estimate of drug-likeness (QED) is 0.487. The average Bonchev–Trinajstić information content (AvgIpc) is 1.85. The van der Waals surface area contributed by atoms with Gasteiger partial charge in [0.15, 0.2) is 5.78 Å². The van der Waals surface area contributed by atoms with Crippen molar-refractivity contribution in [3.63, 3.8) is 0 Å². The summed E-state index contributed by atoms with van der Waals surface area (Å²) in [7, 11) is 0. The molecule has 0 aromatic heterocycles. The largest absolute Gasteiger partial charge is 0.295 e. The van der Waals surface area contributed by atoms with Crippen LogP contribution in [0.4, 0.5) is 0 Å². The Morgan fingerprint density at radius 1 is 1.45 bits per heavy atom. The van der Waals surface area contributed by atoms with Crippen molar-refractivity contribution in [3.05, 3.63) is 11.6 Å². The summed E-state index contributed by atoms with van der Waals surface area (Å²) in [6.07, 6.45) is 3.90. The number of ketones is 1. The van der Waals surface area contributed by atoms with Crippen molar-refractivity contribution >= 4 is 5.78 Å². The van der Waals surface area contributed by atoms with Crippen LogP contribution in [0, 0.1) is 11.8 Å². The first-order valence-corrected chi connectivity index (χ1v) is 4.34. The molecule has 0 saturated heterocycles. The third-order valence-corrected chi connectivity index (χ3v) is 2.45. The summed E-state index contributed by atoms with van der Waals surface area (Å²) in [6, 6.07) is 0. The third kappa shape index (κ3) is 1.70. The fraction of sp³-hybridized carbons (Fsp3) is 0.700. The lowest BCUT2D eigenvalue weighted by molar-refractivity contribution is -0.118. The van der Waals surface area contributed by atoms with Crippen LogP contribution in [0.1, 0.15) is 33.6 Å². The first kappa shape index (κ1) is 8.51. The Kier molecular flexibility index (Phi) is 2.48. The molecular weight excluding hydrogens is 136 g/mol. The summed E-state index contributed by atoms with van der Waals surface area (Å²) in [5.41, 5.74) is 1.04. The molecule has 0 aromatic rings. The number of Topliss-reactive ketones (excluding diaryl/α,β-unsaturated/α-hetero) is 1. The Balaban J connectivity index is 2.75. The van der Waals surface area contributed by atoms with Crippen LogP contribution in [0.15, 0.2) is 11.6 Å². The van der Waals surface area contributed by atoms with E-state index in [4.69, 9.17) is 0 Å². The van der Waals surface area contributed by atoms with Crippen molar-refractivity contribution in [1.82, 2.24) is 0 Å². The summed E-state index contributed by atoms with van der Waals surface area (Å²) >= 11 is 0. The molecule has 0 bridgehead atoms. The molecule has 1 aliphatic rings. The van der Waals surface area contributed by atoms with Crippen LogP contribution in [0.25, 0.3) is 0 Å². The van der Waals surface area contributed by atoms with Gasteiger partial charge in [-0.2, -0.15) is 0 Å². The predicted molar refractivity (Wildman–Crippen MR) is 46.3 cm³/mol. The fourth-order valence-electron chi connectivity index (χ4n) is 1.97. The Morgan fingerprint density at radius 2 is 2.09 bits per heavy atom. The molecule has 1 rings (SSSR count). The van der Waals surface area contributed by atoms with E-state index in [0.29, 0.717) is 17.6 Å². The van der Waals surface area contributed by atoms with Crippen LogP contribution in [0.2, 0.25) is 0 Å². The minimum Gasteiger partial charge on any atom is -0.295 e. The number of carbonyl (C=O) groups is 1. The lowest BCUT2D eigenvalue weighted by Crippen LogP contribution is -2.22. The summed E-state index contributed by atoms with van der Waals surface area (Å²) in [5, 5.41) is 0. The Bertz CT molecular complexity index is 191. The standard InChI is InChI=1S/C10H16O/c1-4-9-8(3)5-7(2)6-10(9)11/h4,7-8H,5-6H2,1-3H3/b9-4-. The van der Waals surface area contributed by atoms with Crippen LogP contribution < -0.4 is 0 Å². The molecule has 0 heterocycles. The Morgan fingerprint density at radius 3 is 2.55 bits per heavy atom. The van der Waals surface area contributed by atoms with E-state index in [-0.39, 0.29) is 0 Å². The molecular formula is C10H16O. The molecule has 1 fully saturated rings. The van der Waals surface area contributed by atoms with Gasteiger partial charge in [0.05, 0.1) is 0 Å². The highest BCUT2D eigenvalue weighted by Gasteiger charge is 2.25. The van der Waals surface area contributed by atoms with Crippen LogP contribution in [0.3, 0.4) is 0 Å². The van der Waals surface area contributed by atoms with Crippen LogP contribution in [-0.2, 0) is 4.79 Å². The molecule has 1 heteroatoms. The second-order valence-corrected chi connectivity index (χ2v) is 3.61. The highest BCUT2D eigenvalue weighted by molar-refractivity contribution is 5.96. The van der Waals surface area contributed by atoms with Gasteiger partial charge in [0.25, 0.3) is 0 Å². The monoisotopic (exact) mass is 152 g/mol. The molecule has 2 atom stereocenters. The lowest BCUT2D eigenvalue weighted by Gasteiger charge is -2.25. The zero-order valence-electron chi connectivity index (χ0n) is 7.55. The van der Waals surface area contributed by atoms with Gasteiger partial charge in [-0.25, -0.2) is 0 Å². The molecule has 62 valence electrons. The minimum absolute atomic E-state index is 0.360. The van der Waals surface area contributed by atoms with Gasteiger partial charge in [-0.3, -0.25) is 4.79 Å². The van der Waals surface area contributed by atoms with E-state index in [9.17, 15) is 4.79 Å². The maximum absolute atomic E-state index is 11.4. The van der Waals surface area contributed by atoms with Crippen molar-refractivity contribution in [2.45, 2.75) is 33.6 Å². The molecule has 0 aliphatic heterocycles. The van der Waals surface area contributed by atoms with E-state index in [1.165, 1.54) is 6.42 Å². The number of rotatable bonds is 0. The van der Waals surface area contributed by atoms with E-state index < -0.39 is 0 Å². The molecule has 0 radical (unpaired) electrons. The first-order valence-electron chi connectivity index (χ1n) is 4.34. The zero-order valence-corrected chi connectivity index (χ0v) is 7.55. The first-order chi connectivity index (χ1) is 5.15. The summed E-state index contributed by atoms with van der Waals surface area (Å²) in [4.78, 5) is 11.4. The highest BCUT2D eigenvalue weighted by Crippen LogP contribution is 2.29. The van der Waals surface area contributed by atoms with Crippen molar-refractivity contribution in [1.29, 1.82) is 0 Å². The van der Waals surface area contributed by atoms with Gasteiger partial charge in [-0.15, -0.1) is 0 Å². The second kappa shape index (κ2) is 3.21. The van der Waals surface area contributed by atoms with E-state index in [1.807, 2.05) is 13.0 Å². The molecule has 0 aromatic carbocycles. The van der Waals surface area contributed by atoms with Gasteiger partial charge in [0.1, 0.15) is 0 Å². The van der Waals surface area contributed by atoms with Gasteiger partial charge >= 0.3 is 0 Å². The number of allylic oxidation sites excluding steroid dienone is 2. The Labute approximate surface area is 68.5 Å². The summed E-state index contributed by atoms with van der Waals surface area (Å²) in [6.45, 7) is 6.25.